The van der Waals surface area contributed by atoms with Crippen molar-refractivity contribution in [1.29, 1.82) is 0 Å². The summed E-state index contributed by atoms with van der Waals surface area (Å²) in [4.78, 5) is 13.5. The van der Waals surface area contributed by atoms with Gasteiger partial charge in [-0.05, 0) is 11.1 Å². The largest absolute Gasteiger partial charge is 0.445 e. The van der Waals surface area contributed by atoms with E-state index in [1.165, 1.54) is 0 Å². The average molecular weight is 297 g/mol. The smallest absolute Gasteiger partial charge is 0.410 e. The number of hydrogen-bond acceptors (Lipinski definition) is 3. The molecule has 0 N–H and O–H groups in total. The van der Waals surface area contributed by atoms with Crippen molar-refractivity contribution >= 4 is 6.09 Å². The predicted molar refractivity (Wildman–Crippen MR) is 83.2 cm³/mol. The van der Waals surface area contributed by atoms with Crippen molar-refractivity contribution in [1.82, 2.24) is 4.90 Å². The van der Waals surface area contributed by atoms with Gasteiger partial charge in [0.15, 0.2) is 0 Å². The zero-order valence-corrected chi connectivity index (χ0v) is 12.4. The molecule has 1 fully saturated rings. The number of likely N-dealkylation sites (tertiary alicyclic amines) is 1. The van der Waals surface area contributed by atoms with Crippen molar-refractivity contribution in [2.75, 3.05) is 13.1 Å². The third-order valence-electron chi connectivity index (χ3n) is 3.64. The van der Waals surface area contributed by atoms with E-state index in [1.807, 2.05) is 60.7 Å². The first-order chi connectivity index (χ1) is 10.8. The van der Waals surface area contributed by atoms with Crippen molar-refractivity contribution in [3.8, 4) is 0 Å². The number of benzene rings is 2. The quantitative estimate of drug-likeness (QED) is 0.850. The molecule has 0 unspecified atom stereocenters. The zero-order valence-electron chi connectivity index (χ0n) is 12.4. The van der Waals surface area contributed by atoms with E-state index in [0.29, 0.717) is 26.3 Å². The summed E-state index contributed by atoms with van der Waals surface area (Å²) >= 11 is 0. The van der Waals surface area contributed by atoms with Gasteiger partial charge in [0.2, 0.25) is 0 Å². The molecule has 4 heteroatoms. The van der Waals surface area contributed by atoms with E-state index in [0.717, 1.165) is 11.1 Å². The molecule has 0 radical (unpaired) electrons. The molecule has 114 valence electrons. The van der Waals surface area contributed by atoms with Gasteiger partial charge in [0.25, 0.3) is 0 Å². The Bertz CT molecular complexity index is 594. The molecule has 1 saturated heterocycles. The molecular weight excluding hydrogens is 278 g/mol. The lowest BCUT2D eigenvalue weighted by molar-refractivity contribution is -0.0581. The van der Waals surface area contributed by atoms with Crippen LogP contribution in [0.15, 0.2) is 60.7 Å². The molecule has 22 heavy (non-hydrogen) atoms. The summed E-state index contributed by atoms with van der Waals surface area (Å²) < 4.78 is 11.0. The Hall–Kier alpha value is -2.33. The summed E-state index contributed by atoms with van der Waals surface area (Å²) in [6, 6.07) is 19.7. The molecular formula is C18H19NO3. The normalized spacial score (nSPS) is 14.5. The van der Waals surface area contributed by atoms with Crippen LogP contribution in [0, 0.1) is 0 Å². The lowest BCUT2D eigenvalue weighted by Crippen LogP contribution is -2.54. The number of amides is 1. The highest BCUT2D eigenvalue weighted by molar-refractivity contribution is 5.68. The summed E-state index contributed by atoms with van der Waals surface area (Å²) in [5.41, 5.74) is 2.14. The maximum absolute atomic E-state index is 11.9. The first-order valence-electron chi connectivity index (χ1n) is 7.42. The van der Waals surface area contributed by atoms with Crippen LogP contribution in [0.1, 0.15) is 11.1 Å². The van der Waals surface area contributed by atoms with Gasteiger partial charge in [0.05, 0.1) is 25.8 Å². The Kier molecular flexibility index (Phi) is 4.71. The minimum atomic E-state index is -0.275. The van der Waals surface area contributed by atoms with Gasteiger partial charge in [-0.3, -0.25) is 0 Å². The molecule has 2 aromatic rings. The van der Waals surface area contributed by atoms with E-state index in [2.05, 4.69) is 0 Å². The fraction of sp³-hybridized carbons (Fsp3) is 0.278. The second-order valence-corrected chi connectivity index (χ2v) is 5.36. The van der Waals surface area contributed by atoms with Gasteiger partial charge in [0, 0.05) is 0 Å². The molecule has 1 amide bonds. The van der Waals surface area contributed by atoms with Crippen molar-refractivity contribution < 1.29 is 14.3 Å². The summed E-state index contributed by atoms with van der Waals surface area (Å²) in [5.74, 6) is 0. The van der Waals surface area contributed by atoms with Crippen molar-refractivity contribution in [2.45, 2.75) is 19.3 Å². The third kappa shape index (κ3) is 3.86. The van der Waals surface area contributed by atoms with E-state index in [4.69, 9.17) is 9.47 Å². The van der Waals surface area contributed by atoms with Gasteiger partial charge in [0.1, 0.15) is 6.61 Å². The van der Waals surface area contributed by atoms with Crippen LogP contribution in [0.4, 0.5) is 4.79 Å². The van der Waals surface area contributed by atoms with Gasteiger partial charge >= 0.3 is 6.09 Å². The Labute approximate surface area is 130 Å². The zero-order chi connectivity index (χ0) is 15.2. The topological polar surface area (TPSA) is 38.8 Å². The third-order valence-corrected chi connectivity index (χ3v) is 3.64. The van der Waals surface area contributed by atoms with E-state index in [-0.39, 0.29) is 12.2 Å². The molecule has 0 aliphatic carbocycles. The molecule has 0 atom stereocenters. The number of nitrogens with zero attached hydrogens (tertiary/aromatic N) is 1. The van der Waals surface area contributed by atoms with Gasteiger partial charge in [-0.2, -0.15) is 0 Å². The van der Waals surface area contributed by atoms with Gasteiger partial charge < -0.3 is 14.4 Å². The monoisotopic (exact) mass is 297 g/mol. The molecule has 0 spiro atoms. The van der Waals surface area contributed by atoms with E-state index in [9.17, 15) is 4.79 Å². The lowest BCUT2D eigenvalue weighted by Gasteiger charge is -2.37. The minimum Gasteiger partial charge on any atom is -0.445 e. The highest BCUT2D eigenvalue weighted by Crippen LogP contribution is 2.16. The molecule has 1 aliphatic heterocycles. The first-order valence-corrected chi connectivity index (χ1v) is 7.42. The number of ether oxygens (including phenoxy) is 2. The second kappa shape index (κ2) is 7.09. The number of carbonyl (C=O) groups is 1. The molecule has 0 aromatic heterocycles. The van der Waals surface area contributed by atoms with E-state index >= 15 is 0 Å². The SMILES string of the molecule is O=C(OCc1ccccc1)N1CC(OCc2ccccc2)C1. The van der Waals surface area contributed by atoms with Crippen molar-refractivity contribution in [2.24, 2.45) is 0 Å². The molecule has 1 aliphatic rings. The average Bonchev–Trinajstić information content (AvgIpc) is 2.53. The van der Waals surface area contributed by atoms with Crippen LogP contribution in [0.5, 0.6) is 0 Å². The van der Waals surface area contributed by atoms with E-state index < -0.39 is 0 Å². The highest BCUT2D eigenvalue weighted by Gasteiger charge is 2.32. The Morgan fingerprint density at radius 1 is 0.909 bits per heavy atom. The minimum absolute atomic E-state index is 0.101. The highest BCUT2D eigenvalue weighted by atomic mass is 16.6. The Morgan fingerprint density at radius 3 is 2.05 bits per heavy atom. The van der Waals surface area contributed by atoms with Crippen LogP contribution >= 0.6 is 0 Å². The molecule has 4 nitrogen and oxygen atoms in total. The second-order valence-electron chi connectivity index (χ2n) is 5.36. The Morgan fingerprint density at radius 2 is 1.45 bits per heavy atom. The van der Waals surface area contributed by atoms with Crippen LogP contribution in [0.2, 0.25) is 0 Å². The fourth-order valence-electron chi connectivity index (χ4n) is 2.29. The van der Waals surface area contributed by atoms with Crippen LogP contribution < -0.4 is 0 Å². The molecule has 1 heterocycles. The van der Waals surface area contributed by atoms with Crippen molar-refractivity contribution in [3.05, 3.63) is 71.8 Å². The maximum atomic E-state index is 11.9. The molecule has 3 rings (SSSR count). The summed E-state index contributed by atoms with van der Waals surface area (Å²) in [5, 5.41) is 0. The number of hydrogen-bond donors (Lipinski definition) is 0. The van der Waals surface area contributed by atoms with Crippen LogP contribution in [0.25, 0.3) is 0 Å². The molecule has 0 saturated carbocycles. The fourth-order valence-corrected chi connectivity index (χ4v) is 2.29. The standard InChI is InChI=1S/C18H19NO3/c20-18(22-14-16-9-5-2-6-10-16)19-11-17(12-19)21-13-15-7-3-1-4-8-15/h1-10,17H,11-14H2. The maximum Gasteiger partial charge on any atom is 0.410 e. The first kappa shape index (κ1) is 14.6. The van der Waals surface area contributed by atoms with Crippen LogP contribution in [-0.2, 0) is 22.7 Å². The number of carbonyl (C=O) groups excluding carboxylic acids is 1. The van der Waals surface area contributed by atoms with Gasteiger partial charge in [-0.25, -0.2) is 4.79 Å². The van der Waals surface area contributed by atoms with Gasteiger partial charge in [-0.15, -0.1) is 0 Å². The van der Waals surface area contributed by atoms with Crippen molar-refractivity contribution in [3.63, 3.8) is 0 Å². The summed E-state index contributed by atoms with van der Waals surface area (Å²) in [7, 11) is 0. The number of rotatable bonds is 5. The van der Waals surface area contributed by atoms with Crippen LogP contribution in [-0.4, -0.2) is 30.2 Å². The lowest BCUT2D eigenvalue weighted by atomic mass is 10.2. The summed E-state index contributed by atoms with van der Waals surface area (Å²) in [6.07, 6.45) is -0.173. The Balaban J connectivity index is 1.35. The summed E-state index contributed by atoms with van der Waals surface area (Å²) in [6.45, 7) is 2.09. The van der Waals surface area contributed by atoms with Crippen LogP contribution in [0.3, 0.4) is 0 Å². The van der Waals surface area contributed by atoms with Gasteiger partial charge in [-0.1, -0.05) is 60.7 Å². The van der Waals surface area contributed by atoms with E-state index in [1.54, 1.807) is 4.90 Å². The predicted octanol–water partition coefficient (Wildman–Crippen LogP) is 3.22. The molecule has 0 bridgehead atoms. The molecule has 2 aromatic carbocycles.